The number of aromatic nitrogens is 2. The lowest BCUT2D eigenvalue weighted by Crippen LogP contribution is -2.13. The summed E-state index contributed by atoms with van der Waals surface area (Å²) in [5.74, 6) is 9.71. The molecule has 0 unspecified atom stereocenters. The van der Waals surface area contributed by atoms with Gasteiger partial charge < -0.3 is 15.5 Å². The van der Waals surface area contributed by atoms with Crippen molar-refractivity contribution in [3.05, 3.63) is 11.9 Å². The number of nitrogens with zero attached hydrogens (tertiary/aromatic N) is 2. The summed E-state index contributed by atoms with van der Waals surface area (Å²) in [5.41, 5.74) is 2.54. The number of ether oxygens (including phenoxy) is 1. The van der Waals surface area contributed by atoms with E-state index in [1.807, 2.05) is 18.7 Å². The van der Waals surface area contributed by atoms with Crippen molar-refractivity contribution >= 4 is 23.4 Å². The van der Waals surface area contributed by atoms with Crippen molar-refractivity contribution in [2.45, 2.75) is 26.9 Å². The highest BCUT2D eigenvalue weighted by atomic mass is 32.2. The minimum absolute atomic E-state index is 0.395. The van der Waals surface area contributed by atoms with Gasteiger partial charge in [0.25, 0.3) is 0 Å². The lowest BCUT2D eigenvalue weighted by molar-refractivity contribution is 0.128. The molecule has 1 aromatic rings. The van der Waals surface area contributed by atoms with Gasteiger partial charge in [0.1, 0.15) is 18.2 Å². The maximum atomic E-state index is 5.40. The van der Waals surface area contributed by atoms with Crippen molar-refractivity contribution in [3.63, 3.8) is 0 Å². The molecule has 4 N–H and O–H groups in total. The Bertz CT molecular complexity index is 364. The molecule has 0 saturated heterocycles. The van der Waals surface area contributed by atoms with Gasteiger partial charge in [-0.3, -0.25) is 0 Å². The molecule has 1 heterocycles. The molecule has 108 valence electrons. The number of hydrogen-bond donors (Lipinski definition) is 3. The van der Waals surface area contributed by atoms with Crippen molar-refractivity contribution < 1.29 is 4.74 Å². The lowest BCUT2D eigenvalue weighted by atomic mass is 10.4. The van der Waals surface area contributed by atoms with Crippen molar-refractivity contribution in [2.75, 3.05) is 35.4 Å². The topological polar surface area (TPSA) is 85.1 Å². The average molecular weight is 285 g/mol. The van der Waals surface area contributed by atoms with Gasteiger partial charge in [-0.1, -0.05) is 6.92 Å². The third kappa shape index (κ3) is 6.60. The van der Waals surface area contributed by atoms with Crippen molar-refractivity contribution in [3.8, 4) is 0 Å². The standard InChI is InChI=1S/C12H23N5OS/c1-3-18-9-12-15-10(8-11(16-12)17-13)14-6-5-7-19-4-2/h8H,3-7,9,13H2,1-2H3,(H2,14,15,16,17). The van der Waals surface area contributed by atoms with E-state index < -0.39 is 0 Å². The fourth-order valence-electron chi connectivity index (χ4n) is 1.45. The van der Waals surface area contributed by atoms with Crippen LogP contribution in [-0.4, -0.2) is 34.6 Å². The number of nitrogens with two attached hydrogens (primary N) is 1. The quantitative estimate of drug-likeness (QED) is 0.343. The second-order valence-electron chi connectivity index (χ2n) is 3.81. The summed E-state index contributed by atoms with van der Waals surface area (Å²) < 4.78 is 5.31. The summed E-state index contributed by atoms with van der Waals surface area (Å²) in [6.45, 7) is 6.03. The van der Waals surface area contributed by atoms with E-state index in [-0.39, 0.29) is 0 Å². The van der Waals surface area contributed by atoms with Crippen LogP contribution in [0.3, 0.4) is 0 Å². The third-order valence-corrected chi connectivity index (χ3v) is 3.32. The second kappa shape index (κ2) is 9.82. The summed E-state index contributed by atoms with van der Waals surface area (Å²) in [4.78, 5) is 8.62. The smallest absolute Gasteiger partial charge is 0.158 e. The van der Waals surface area contributed by atoms with Gasteiger partial charge in [-0.05, 0) is 24.9 Å². The maximum absolute atomic E-state index is 5.40. The third-order valence-electron chi connectivity index (χ3n) is 2.33. The minimum Gasteiger partial charge on any atom is -0.374 e. The van der Waals surface area contributed by atoms with Crippen molar-refractivity contribution in [2.24, 2.45) is 5.84 Å². The number of anilines is 2. The van der Waals surface area contributed by atoms with Crippen LogP contribution < -0.4 is 16.6 Å². The SMILES string of the molecule is CCOCc1nc(NN)cc(NCCCSCC)n1. The van der Waals surface area contributed by atoms with Crippen LogP contribution in [-0.2, 0) is 11.3 Å². The highest BCUT2D eigenvalue weighted by Gasteiger charge is 2.03. The minimum atomic E-state index is 0.395. The largest absolute Gasteiger partial charge is 0.374 e. The summed E-state index contributed by atoms with van der Waals surface area (Å²) >= 11 is 1.94. The van der Waals surface area contributed by atoms with Gasteiger partial charge in [0.2, 0.25) is 0 Å². The van der Waals surface area contributed by atoms with E-state index in [0.717, 1.165) is 30.3 Å². The molecular weight excluding hydrogens is 262 g/mol. The number of thioether (sulfide) groups is 1. The number of hydrogen-bond acceptors (Lipinski definition) is 7. The zero-order valence-electron chi connectivity index (χ0n) is 11.6. The molecule has 1 rings (SSSR count). The van der Waals surface area contributed by atoms with Crippen molar-refractivity contribution in [1.29, 1.82) is 0 Å². The molecule has 6 nitrogen and oxygen atoms in total. The van der Waals surface area contributed by atoms with Gasteiger partial charge in [0.05, 0.1) is 0 Å². The molecule has 0 fully saturated rings. The van der Waals surface area contributed by atoms with Crippen LogP contribution in [0, 0.1) is 0 Å². The highest BCUT2D eigenvalue weighted by molar-refractivity contribution is 7.99. The summed E-state index contributed by atoms with van der Waals surface area (Å²) in [6.07, 6.45) is 1.11. The first-order valence-electron chi connectivity index (χ1n) is 6.54. The van der Waals surface area contributed by atoms with E-state index in [1.165, 1.54) is 0 Å². The van der Waals surface area contributed by atoms with Crippen molar-refractivity contribution in [1.82, 2.24) is 9.97 Å². The molecule has 0 aliphatic heterocycles. The van der Waals surface area contributed by atoms with E-state index in [0.29, 0.717) is 24.9 Å². The van der Waals surface area contributed by atoms with Crippen LogP contribution >= 0.6 is 11.8 Å². The Morgan fingerprint density at radius 3 is 2.79 bits per heavy atom. The molecule has 0 amide bonds. The molecule has 0 atom stereocenters. The Kier molecular flexibility index (Phi) is 8.28. The number of nitrogen functional groups attached to an aromatic ring is 1. The van der Waals surface area contributed by atoms with Crippen LogP contribution in [0.5, 0.6) is 0 Å². The zero-order valence-corrected chi connectivity index (χ0v) is 12.4. The summed E-state index contributed by atoms with van der Waals surface area (Å²) in [7, 11) is 0. The Labute approximate surface area is 118 Å². The monoisotopic (exact) mass is 285 g/mol. The first-order valence-corrected chi connectivity index (χ1v) is 7.69. The maximum Gasteiger partial charge on any atom is 0.158 e. The predicted molar refractivity (Wildman–Crippen MR) is 81.3 cm³/mol. The van der Waals surface area contributed by atoms with Gasteiger partial charge in [-0.15, -0.1) is 0 Å². The van der Waals surface area contributed by atoms with E-state index in [4.69, 9.17) is 10.6 Å². The van der Waals surface area contributed by atoms with E-state index >= 15 is 0 Å². The fourth-order valence-corrected chi connectivity index (χ4v) is 2.09. The zero-order chi connectivity index (χ0) is 13.9. The van der Waals surface area contributed by atoms with Crippen LogP contribution in [0.15, 0.2) is 6.07 Å². The van der Waals surface area contributed by atoms with Crippen LogP contribution in [0.25, 0.3) is 0 Å². The molecule has 0 aliphatic carbocycles. The van der Waals surface area contributed by atoms with E-state index in [2.05, 4.69) is 27.6 Å². The number of hydrazine groups is 1. The summed E-state index contributed by atoms with van der Waals surface area (Å²) in [5, 5.41) is 3.28. The number of rotatable bonds is 10. The van der Waals surface area contributed by atoms with Crippen LogP contribution in [0.1, 0.15) is 26.1 Å². The van der Waals surface area contributed by atoms with E-state index in [9.17, 15) is 0 Å². The summed E-state index contributed by atoms with van der Waals surface area (Å²) in [6, 6.07) is 1.79. The molecule has 1 aromatic heterocycles. The van der Waals surface area contributed by atoms with Gasteiger partial charge >= 0.3 is 0 Å². The lowest BCUT2D eigenvalue weighted by Gasteiger charge is -2.09. The fraction of sp³-hybridized carbons (Fsp3) is 0.667. The van der Waals surface area contributed by atoms with Crippen LogP contribution in [0.2, 0.25) is 0 Å². The van der Waals surface area contributed by atoms with Crippen LogP contribution in [0.4, 0.5) is 11.6 Å². The van der Waals surface area contributed by atoms with E-state index in [1.54, 1.807) is 6.07 Å². The Balaban J connectivity index is 2.50. The Morgan fingerprint density at radius 2 is 2.11 bits per heavy atom. The molecule has 0 saturated carbocycles. The Morgan fingerprint density at radius 1 is 1.32 bits per heavy atom. The molecule has 0 bridgehead atoms. The first-order chi connectivity index (χ1) is 9.30. The predicted octanol–water partition coefficient (Wildman–Crippen LogP) is 1.85. The molecule has 0 aromatic carbocycles. The molecular formula is C12H23N5OS. The van der Waals surface area contributed by atoms with Gasteiger partial charge in [-0.25, -0.2) is 15.8 Å². The molecule has 0 aliphatic rings. The van der Waals surface area contributed by atoms with Gasteiger partial charge in [0, 0.05) is 19.2 Å². The first kappa shape index (κ1) is 16.0. The normalized spacial score (nSPS) is 10.5. The van der Waals surface area contributed by atoms with Gasteiger partial charge in [0.15, 0.2) is 5.82 Å². The molecule has 19 heavy (non-hydrogen) atoms. The molecule has 0 radical (unpaired) electrons. The molecule has 0 spiro atoms. The number of nitrogens with one attached hydrogen (secondary N) is 2. The van der Waals surface area contributed by atoms with Gasteiger partial charge in [-0.2, -0.15) is 11.8 Å². The highest BCUT2D eigenvalue weighted by Crippen LogP contribution is 2.11. The Hall–Kier alpha value is -1.05. The average Bonchev–Trinajstić information content (AvgIpc) is 2.44. The second-order valence-corrected chi connectivity index (χ2v) is 5.21. The molecule has 7 heteroatoms.